The van der Waals surface area contributed by atoms with Gasteiger partial charge in [-0.05, 0) is 37.0 Å². The topological polar surface area (TPSA) is 69.6 Å². The third-order valence-electron chi connectivity index (χ3n) is 2.53. The molecule has 1 heterocycles. The maximum atomic E-state index is 5.82. The van der Waals surface area contributed by atoms with E-state index in [1.165, 1.54) is 10.4 Å². The van der Waals surface area contributed by atoms with E-state index in [-0.39, 0.29) is 0 Å². The quantitative estimate of drug-likeness (QED) is 0.705. The van der Waals surface area contributed by atoms with Gasteiger partial charge < -0.3 is 5.73 Å². The Hall–Kier alpha value is -1.23. The molecule has 2 rings (SSSR count). The second-order valence-corrected chi connectivity index (χ2v) is 3.78. The fourth-order valence-corrected chi connectivity index (χ4v) is 1.69. The first-order valence-corrected chi connectivity index (χ1v) is 4.93. The van der Waals surface area contributed by atoms with Gasteiger partial charge in [0.15, 0.2) is 5.82 Å². The van der Waals surface area contributed by atoms with Gasteiger partial charge in [0.1, 0.15) is 0 Å². The van der Waals surface area contributed by atoms with Crippen molar-refractivity contribution in [1.29, 1.82) is 0 Å². The molecule has 5 nitrogen and oxygen atoms in total. The standard InChI is InChI=1S/C9H15N5/c1-14-12-9(11-13-14)6-7-2-4-8(10)5-3-7/h6,8H,2-5,10H2,1H3. The van der Waals surface area contributed by atoms with Gasteiger partial charge in [-0.1, -0.05) is 5.57 Å². The van der Waals surface area contributed by atoms with E-state index < -0.39 is 0 Å². The first kappa shape index (κ1) is 9.33. The van der Waals surface area contributed by atoms with E-state index in [1.54, 1.807) is 7.05 Å². The molecular formula is C9H15N5. The molecule has 0 aliphatic heterocycles. The lowest BCUT2D eigenvalue weighted by Gasteiger charge is -2.19. The predicted molar refractivity (Wildman–Crippen MR) is 53.2 cm³/mol. The number of aryl methyl sites for hydroxylation is 1. The minimum atomic E-state index is 0.377. The van der Waals surface area contributed by atoms with Gasteiger partial charge in [0, 0.05) is 6.04 Å². The molecule has 0 amide bonds. The van der Waals surface area contributed by atoms with Crippen LogP contribution in [0.2, 0.25) is 0 Å². The molecule has 1 saturated carbocycles. The lowest BCUT2D eigenvalue weighted by molar-refractivity contribution is 0.514. The van der Waals surface area contributed by atoms with Gasteiger partial charge in [0.05, 0.1) is 7.05 Å². The summed E-state index contributed by atoms with van der Waals surface area (Å²) in [5.41, 5.74) is 7.21. The van der Waals surface area contributed by atoms with Crippen LogP contribution < -0.4 is 5.73 Å². The van der Waals surface area contributed by atoms with Crippen LogP contribution in [0.5, 0.6) is 0 Å². The normalized spacial score (nSPS) is 22.4. The SMILES string of the molecule is Cn1nnc(C=C2CCC(N)CC2)n1. The average Bonchev–Trinajstić information content (AvgIpc) is 2.56. The smallest absolute Gasteiger partial charge is 0.197 e. The molecule has 1 aliphatic rings. The van der Waals surface area contributed by atoms with E-state index in [1.807, 2.05) is 6.08 Å². The molecule has 0 saturated heterocycles. The van der Waals surface area contributed by atoms with Crippen LogP contribution in [0.15, 0.2) is 5.57 Å². The molecule has 1 aromatic heterocycles. The highest BCUT2D eigenvalue weighted by atomic mass is 15.6. The highest BCUT2D eigenvalue weighted by Crippen LogP contribution is 2.23. The Balaban J connectivity index is 2.04. The number of rotatable bonds is 1. The summed E-state index contributed by atoms with van der Waals surface area (Å²) in [6.45, 7) is 0. The second kappa shape index (κ2) is 3.88. The molecule has 76 valence electrons. The summed E-state index contributed by atoms with van der Waals surface area (Å²) in [5, 5.41) is 11.8. The van der Waals surface area contributed by atoms with E-state index >= 15 is 0 Å². The average molecular weight is 193 g/mol. The van der Waals surface area contributed by atoms with Crippen molar-refractivity contribution in [2.75, 3.05) is 0 Å². The number of nitrogens with two attached hydrogens (primary N) is 1. The number of hydrogen-bond acceptors (Lipinski definition) is 4. The number of hydrogen-bond donors (Lipinski definition) is 1. The van der Waals surface area contributed by atoms with Crippen molar-refractivity contribution in [2.45, 2.75) is 31.7 Å². The second-order valence-electron chi connectivity index (χ2n) is 3.78. The molecule has 5 heteroatoms. The molecule has 0 spiro atoms. The zero-order chi connectivity index (χ0) is 9.97. The van der Waals surface area contributed by atoms with Crippen LogP contribution in [-0.2, 0) is 7.05 Å². The lowest BCUT2D eigenvalue weighted by Crippen LogP contribution is -2.23. The molecule has 1 aromatic rings. The third-order valence-corrected chi connectivity index (χ3v) is 2.53. The first-order valence-electron chi connectivity index (χ1n) is 4.93. The van der Waals surface area contributed by atoms with E-state index in [0.29, 0.717) is 11.9 Å². The zero-order valence-corrected chi connectivity index (χ0v) is 8.35. The van der Waals surface area contributed by atoms with Crippen LogP contribution in [0.25, 0.3) is 6.08 Å². The van der Waals surface area contributed by atoms with Crippen molar-refractivity contribution in [2.24, 2.45) is 12.8 Å². The third kappa shape index (κ3) is 2.17. The van der Waals surface area contributed by atoms with Crippen molar-refractivity contribution in [3.63, 3.8) is 0 Å². The van der Waals surface area contributed by atoms with Crippen molar-refractivity contribution in [3.8, 4) is 0 Å². The summed E-state index contributed by atoms with van der Waals surface area (Å²) < 4.78 is 0. The van der Waals surface area contributed by atoms with Crippen molar-refractivity contribution < 1.29 is 0 Å². The summed E-state index contributed by atoms with van der Waals surface area (Å²) in [5.74, 6) is 0.706. The summed E-state index contributed by atoms with van der Waals surface area (Å²) in [4.78, 5) is 1.47. The highest BCUT2D eigenvalue weighted by molar-refractivity contribution is 5.44. The molecule has 1 fully saturated rings. The molecule has 0 radical (unpaired) electrons. The van der Waals surface area contributed by atoms with Gasteiger partial charge in [-0.2, -0.15) is 4.80 Å². The summed E-state index contributed by atoms with van der Waals surface area (Å²) in [6, 6.07) is 0.377. The largest absolute Gasteiger partial charge is 0.328 e. The van der Waals surface area contributed by atoms with Gasteiger partial charge in [-0.25, -0.2) is 0 Å². The van der Waals surface area contributed by atoms with Gasteiger partial charge in [0.2, 0.25) is 0 Å². The Labute approximate surface area is 83.0 Å². The van der Waals surface area contributed by atoms with E-state index in [2.05, 4.69) is 15.4 Å². The van der Waals surface area contributed by atoms with Crippen LogP contribution in [0.3, 0.4) is 0 Å². The van der Waals surface area contributed by atoms with E-state index in [9.17, 15) is 0 Å². The molecule has 0 atom stereocenters. The van der Waals surface area contributed by atoms with Crippen LogP contribution in [-0.4, -0.2) is 26.2 Å². The Morgan fingerprint density at radius 2 is 2.14 bits per heavy atom. The predicted octanol–water partition coefficient (Wildman–Crippen LogP) is 0.495. The van der Waals surface area contributed by atoms with Crippen molar-refractivity contribution >= 4 is 6.08 Å². The molecule has 14 heavy (non-hydrogen) atoms. The highest BCUT2D eigenvalue weighted by Gasteiger charge is 2.12. The van der Waals surface area contributed by atoms with Gasteiger partial charge >= 0.3 is 0 Å². The lowest BCUT2D eigenvalue weighted by atomic mass is 9.91. The van der Waals surface area contributed by atoms with Crippen LogP contribution >= 0.6 is 0 Å². The Morgan fingerprint density at radius 1 is 1.43 bits per heavy atom. The molecule has 0 aromatic carbocycles. The molecule has 1 aliphatic carbocycles. The fourth-order valence-electron chi connectivity index (χ4n) is 1.69. The molecular weight excluding hydrogens is 178 g/mol. The Morgan fingerprint density at radius 3 is 2.71 bits per heavy atom. The van der Waals surface area contributed by atoms with Gasteiger partial charge in [-0.3, -0.25) is 0 Å². The number of tetrazole rings is 1. The van der Waals surface area contributed by atoms with Crippen LogP contribution in [0.4, 0.5) is 0 Å². The Bertz CT molecular complexity index is 331. The van der Waals surface area contributed by atoms with E-state index in [4.69, 9.17) is 5.73 Å². The Kier molecular flexibility index (Phi) is 2.58. The number of allylic oxidation sites excluding steroid dienone is 1. The zero-order valence-electron chi connectivity index (χ0n) is 8.35. The minimum Gasteiger partial charge on any atom is -0.328 e. The van der Waals surface area contributed by atoms with Crippen LogP contribution in [0.1, 0.15) is 31.5 Å². The fraction of sp³-hybridized carbons (Fsp3) is 0.667. The number of aromatic nitrogens is 4. The molecule has 0 bridgehead atoms. The van der Waals surface area contributed by atoms with Gasteiger partial charge in [-0.15, -0.1) is 10.2 Å². The van der Waals surface area contributed by atoms with Crippen molar-refractivity contribution in [3.05, 3.63) is 11.4 Å². The number of nitrogens with zero attached hydrogens (tertiary/aromatic N) is 4. The van der Waals surface area contributed by atoms with Crippen molar-refractivity contribution in [1.82, 2.24) is 20.2 Å². The first-order chi connectivity index (χ1) is 6.74. The van der Waals surface area contributed by atoms with Crippen LogP contribution in [0, 0.1) is 0 Å². The summed E-state index contributed by atoms with van der Waals surface area (Å²) >= 11 is 0. The monoisotopic (exact) mass is 193 g/mol. The minimum absolute atomic E-state index is 0.377. The maximum absolute atomic E-state index is 5.82. The van der Waals surface area contributed by atoms with E-state index in [0.717, 1.165) is 25.7 Å². The molecule has 0 unspecified atom stereocenters. The maximum Gasteiger partial charge on any atom is 0.197 e. The summed E-state index contributed by atoms with van der Waals surface area (Å²) in [7, 11) is 1.77. The summed E-state index contributed by atoms with van der Waals surface area (Å²) in [6.07, 6.45) is 6.32. The molecule has 2 N–H and O–H groups in total. The van der Waals surface area contributed by atoms with Gasteiger partial charge in [0.25, 0.3) is 0 Å².